The molecule has 1 aromatic heterocycles. The van der Waals surface area contributed by atoms with Gasteiger partial charge in [0.25, 0.3) is 6.01 Å². The first-order valence-corrected chi connectivity index (χ1v) is 9.56. The molecule has 0 radical (unpaired) electrons. The maximum absolute atomic E-state index is 9.87. The van der Waals surface area contributed by atoms with Gasteiger partial charge < -0.3 is 19.5 Å². The lowest BCUT2D eigenvalue weighted by Crippen LogP contribution is -2.31. The van der Waals surface area contributed by atoms with Gasteiger partial charge in [-0.3, -0.25) is 0 Å². The molecule has 1 saturated heterocycles. The Labute approximate surface area is 165 Å². The SMILES string of the molecule is CNc1nc2c(C#N)c(C)c(-c3ccccc3)c(N3CCC(N(C)C)C3)c2o1. The molecule has 0 spiro atoms. The fraction of sp³-hybridized carbons (Fsp3) is 0.364. The summed E-state index contributed by atoms with van der Waals surface area (Å²) in [6.45, 7) is 3.87. The minimum atomic E-state index is 0.431. The zero-order chi connectivity index (χ0) is 19.8. The number of nitriles is 1. The van der Waals surface area contributed by atoms with Crippen LogP contribution in [0.2, 0.25) is 0 Å². The summed E-state index contributed by atoms with van der Waals surface area (Å²) in [5.74, 6) is 0. The molecule has 1 aliphatic rings. The highest BCUT2D eigenvalue weighted by molar-refractivity contribution is 6.02. The van der Waals surface area contributed by atoms with Crippen LogP contribution in [0.5, 0.6) is 0 Å². The topological polar surface area (TPSA) is 68.3 Å². The van der Waals surface area contributed by atoms with E-state index >= 15 is 0 Å². The van der Waals surface area contributed by atoms with Crippen molar-refractivity contribution in [3.8, 4) is 17.2 Å². The third kappa shape index (κ3) is 2.88. The molecule has 3 aromatic rings. The molecule has 1 fully saturated rings. The van der Waals surface area contributed by atoms with Gasteiger partial charge in [-0.15, -0.1) is 0 Å². The molecule has 0 saturated carbocycles. The lowest BCUT2D eigenvalue weighted by Gasteiger charge is -2.25. The number of hydrogen-bond acceptors (Lipinski definition) is 6. The highest BCUT2D eigenvalue weighted by Gasteiger charge is 2.31. The van der Waals surface area contributed by atoms with Crippen molar-refractivity contribution in [1.29, 1.82) is 5.26 Å². The number of nitrogens with one attached hydrogen (secondary N) is 1. The standard InChI is InChI=1S/C22H25N5O/c1-14-17(12-23)19-21(28-22(24-2)25-19)20(18(14)15-8-6-5-7-9-15)27-11-10-16(13-27)26(3)4/h5-9,16H,10-11,13H2,1-4H3,(H,24,25). The summed E-state index contributed by atoms with van der Waals surface area (Å²) in [7, 11) is 6.03. The number of anilines is 2. The van der Waals surface area contributed by atoms with Gasteiger partial charge in [-0.1, -0.05) is 30.3 Å². The Morgan fingerprint density at radius 1 is 1.29 bits per heavy atom. The second-order valence-electron chi connectivity index (χ2n) is 7.50. The van der Waals surface area contributed by atoms with Crippen LogP contribution in [0.25, 0.3) is 22.2 Å². The first-order chi connectivity index (χ1) is 13.5. The number of likely N-dealkylation sites (N-methyl/N-ethyl adjacent to an activating group) is 1. The molecule has 1 unspecified atom stereocenters. The van der Waals surface area contributed by atoms with Crippen LogP contribution in [0, 0.1) is 18.3 Å². The first kappa shape index (κ1) is 18.3. The van der Waals surface area contributed by atoms with Gasteiger partial charge in [0.2, 0.25) is 0 Å². The molecule has 0 aliphatic carbocycles. The highest BCUT2D eigenvalue weighted by Crippen LogP contribution is 2.44. The van der Waals surface area contributed by atoms with Crippen LogP contribution in [0.15, 0.2) is 34.7 Å². The molecule has 1 atom stereocenters. The smallest absolute Gasteiger partial charge is 0.295 e. The normalized spacial score (nSPS) is 16.7. The van der Waals surface area contributed by atoms with E-state index in [0.29, 0.717) is 28.7 Å². The van der Waals surface area contributed by atoms with E-state index in [1.165, 1.54) is 0 Å². The van der Waals surface area contributed by atoms with Gasteiger partial charge >= 0.3 is 0 Å². The number of fused-ring (bicyclic) bond motifs is 1. The van der Waals surface area contributed by atoms with Crippen molar-refractivity contribution in [3.05, 3.63) is 41.5 Å². The monoisotopic (exact) mass is 375 g/mol. The van der Waals surface area contributed by atoms with Crippen molar-refractivity contribution >= 4 is 22.8 Å². The summed E-state index contributed by atoms with van der Waals surface area (Å²) in [5.41, 5.74) is 6.02. The molecular weight excluding hydrogens is 350 g/mol. The van der Waals surface area contributed by atoms with E-state index < -0.39 is 0 Å². The molecule has 1 N–H and O–H groups in total. The zero-order valence-corrected chi connectivity index (χ0v) is 16.8. The van der Waals surface area contributed by atoms with Gasteiger partial charge in [0.15, 0.2) is 5.58 Å². The Balaban J connectivity index is 2.03. The maximum Gasteiger partial charge on any atom is 0.295 e. The predicted octanol–water partition coefficient (Wildman–Crippen LogP) is 3.86. The molecule has 2 heterocycles. The second kappa shape index (κ2) is 7.17. The van der Waals surface area contributed by atoms with Gasteiger partial charge in [-0.25, -0.2) is 0 Å². The Kier molecular flexibility index (Phi) is 4.70. The van der Waals surface area contributed by atoms with E-state index in [-0.39, 0.29) is 0 Å². The van der Waals surface area contributed by atoms with Crippen LogP contribution in [-0.2, 0) is 0 Å². The molecule has 0 bridgehead atoms. The van der Waals surface area contributed by atoms with Crippen LogP contribution in [-0.4, -0.2) is 50.2 Å². The minimum Gasteiger partial charge on any atom is -0.421 e. The molecule has 144 valence electrons. The lowest BCUT2D eigenvalue weighted by molar-refractivity contribution is 0.315. The number of hydrogen-bond donors (Lipinski definition) is 1. The molecule has 0 amide bonds. The predicted molar refractivity (Wildman–Crippen MR) is 113 cm³/mol. The molecular formula is C22H25N5O. The third-order valence-corrected chi connectivity index (χ3v) is 5.66. The van der Waals surface area contributed by atoms with Crippen LogP contribution in [0.3, 0.4) is 0 Å². The Bertz CT molecular complexity index is 1050. The second-order valence-corrected chi connectivity index (χ2v) is 7.50. The Morgan fingerprint density at radius 2 is 2.04 bits per heavy atom. The summed E-state index contributed by atoms with van der Waals surface area (Å²) < 4.78 is 6.09. The van der Waals surface area contributed by atoms with Gasteiger partial charge in [0, 0.05) is 31.7 Å². The van der Waals surface area contributed by atoms with Gasteiger partial charge in [0.05, 0.1) is 11.3 Å². The van der Waals surface area contributed by atoms with Crippen molar-refractivity contribution < 1.29 is 4.42 Å². The van der Waals surface area contributed by atoms with Crippen LogP contribution >= 0.6 is 0 Å². The van der Waals surface area contributed by atoms with E-state index in [1.54, 1.807) is 7.05 Å². The third-order valence-electron chi connectivity index (χ3n) is 5.66. The van der Waals surface area contributed by atoms with E-state index in [0.717, 1.165) is 41.9 Å². The van der Waals surface area contributed by atoms with E-state index in [9.17, 15) is 5.26 Å². The number of aromatic nitrogens is 1. The van der Waals surface area contributed by atoms with Gasteiger partial charge in [-0.05, 0) is 38.6 Å². The first-order valence-electron chi connectivity index (χ1n) is 9.56. The van der Waals surface area contributed by atoms with Crippen LogP contribution < -0.4 is 10.2 Å². The molecule has 2 aromatic carbocycles. The number of nitrogens with zero attached hydrogens (tertiary/aromatic N) is 4. The Morgan fingerprint density at radius 3 is 2.64 bits per heavy atom. The average Bonchev–Trinajstić information content (AvgIpc) is 3.35. The number of rotatable bonds is 4. The molecule has 1 aliphatic heterocycles. The zero-order valence-electron chi connectivity index (χ0n) is 16.8. The summed E-state index contributed by atoms with van der Waals surface area (Å²) in [6.07, 6.45) is 1.09. The van der Waals surface area contributed by atoms with E-state index in [4.69, 9.17) is 4.42 Å². The largest absolute Gasteiger partial charge is 0.421 e. The molecule has 4 rings (SSSR count). The van der Waals surface area contributed by atoms with E-state index in [2.05, 4.69) is 52.4 Å². The van der Waals surface area contributed by atoms with Gasteiger partial charge in [0.1, 0.15) is 11.6 Å². The average molecular weight is 375 g/mol. The number of oxazole rings is 1. The highest BCUT2D eigenvalue weighted by atomic mass is 16.4. The quantitative estimate of drug-likeness (QED) is 0.747. The summed E-state index contributed by atoms with van der Waals surface area (Å²) in [6, 6.07) is 13.5. The summed E-state index contributed by atoms with van der Waals surface area (Å²) in [4.78, 5) is 9.20. The fourth-order valence-corrected chi connectivity index (χ4v) is 4.11. The Hall–Kier alpha value is -3.04. The van der Waals surface area contributed by atoms with Crippen molar-refractivity contribution in [1.82, 2.24) is 9.88 Å². The summed E-state index contributed by atoms with van der Waals surface area (Å²) in [5, 5.41) is 12.8. The van der Waals surface area contributed by atoms with Crippen molar-refractivity contribution in [2.75, 3.05) is 44.4 Å². The summed E-state index contributed by atoms with van der Waals surface area (Å²) >= 11 is 0. The van der Waals surface area contributed by atoms with E-state index in [1.807, 2.05) is 25.1 Å². The van der Waals surface area contributed by atoms with Crippen molar-refractivity contribution in [2.45, 2.75) is 19.4 Å². The molecule has 28 heavy (non-hydrogen) atoms. The fourth-order valence-electron chi connectivity index (χ4n) is 4.11. The van der Waals surface area contributed by atoms with Crippen molar-refractivity contribution in [2.24, 2.45) is 0 Å². The minimum absolute atomic E-state index is 0.431. The van der Waals surface area contributed by atoms with Crippen molar-refractivity contribution in [3.63, 3.8) is 0 Å². The maximum atomic E-state index is 9.87. The molecule has 6 nitrogen and oxygen atoms in total. The molecule has 6 heteroatoms. The van der Waals surface area contributed by atoms with Crippen LogP contribution in [0.4, 0.5) is 11.7 Å². The lowest BCUT2D eigenvalue weighted by atomic mass is 9.93. The van der Waals surface area contributed by atoms with Crippen LogP contribution in [0.1, 0.15) is 17.5 Å². The van der Waals surface area contributed by atoms with Gasteiger partial charge in [-0.2, -0.15) is 10.2 Å². The number of benzene rings is 2.